The Bertz CT molecular complexity index is 575. The zero-order chi connectivity index (χ0) is 18.5. The van der Waals surface area contributed by atoms with Crippen molar-refractivity contribution in [3.05, 3.63) is 19.6 Å². The number of urea groups is 1. The predicted octanol–water partition coefficient (Wildman–Crippen LogP) is 4.73. The Kier molecular flexibility index (Phi) is 11.5. The van der Waals surface area contributed by atoms with Gasteiger partial charge in [0.2, 0.25) is 5.95 Å². The van der Waals surface area contributed by atoms with Gasteiger partial charge in [-0.2, -0.15) is 4.98 Å². The van der Waals surface area contributed by atoms with Crippen LogP contribution >= 0.6 is 22.6 Å². The summed E-state index contributed by atoms with van der Waals surface area (Å²) in [5, 5.41) is 5.36. The first-order valence-electron chi connectivity index (χ1n) is 9.36. The van der Waals surface area contributed by atoms with E-state index in [4.69, 9.17) is 0 Å². The molecule has 0 aromatic carbocycles. The highest BCUT2D eigenvalue weighted by molar-refractivity contribution is 14.1. The predicted molar refractivity (Wildman–Crippen MR) is 111 cm³/mol. The fourth-order valence-electron chi connectivity index (χ4n) is 2.60. The molecule has 1 aromatic rings. The molecule has 6 nitrogen and oxygen atoms in total. The molecule has 1 heterocycles. The summed E-state index contributed by atoms with van der Waals surface area (Å²) < 4.78 is 0.536. The van der Waals surface area contributed by atoms with Gasteiger partial charge in [-0.15, -0.1) is 0 Å². The number of carbonyl (C=O) groups is 1. The maximum Gasteiger partial charge on any atom is 0.321 e. The van der Waals surface area contributed by atoms with Gasteiger partial charge in [-0.25, -0.2) is 4.79 Å². The molecule has 0 atom stereocenters. The monoisotopic (exact) mass is 462 g/mol. The Morgan fingerprint density at radius 3 is 2.16 bits per heavy atom. The van der Waals surface area contributed by atoms with Gasteiger partial charge in [-0.3, -0.25) is 10.1 Å². The molecule has 3 N–H and O–H groups in total. The van der Waals surface area contributed by atoms with Crippen molar-refractivity contribution in [1.29, 1.82) is 0 Å². The van der Waals surface area contributed by atoms with Gasteiger partial charge in [0.1, 0.15) is 0 Å². The van der Waals surface area contributed by atoms with Crippen LogP contribution in [-0.2, 0) is 0 Å². The van der Waals surface area contributed by atoms with Crippen LogP contribution in [0, 0.1) is 10.5 Å². The van der Waals surface area contributed by atoms with E-state index in [2.05, 4.69) is 27.5 Å². The number of hydrogen-bond acceptors (Lipinski definition) is 3. The maximum atomic E-state index is 11.8. The standard InChI is InChI=1S/C18H31IN4O2/c1-3-4-5-6-7-8-9-10-11-12-13-20-18(25)23-17-21-14(2)15(19)16(24)22-17/h3-13H2,1-2H3,(H3,20,21,22,23,24,25). The van der Waals surface area contributed by atoms with E-state index < -0.39 is 0 Å². The summed E-state index contributed by atoms with van der Waals surface area (Å²) in [7, 11) is 0. The van der Waals surface area contributed by atoms with E-state index in [1.807, 2.05) is 22.6 Å². The fourth-order valence-corrected chi connectivity index (χ4v) is 2.85. The van der Waals surface area contributed by atoms with E-state index in [0.717, 1.165) is 12.8 Å². The van der Waals surface area contributed by atoms with Crippen LogP contribution in [-0.4, -0.2) is 22.5 Å². The molecule has 25 heavy (non-hydrogen) atoms. The zero-order valence-corrected chi connectivity index (χ0v) is 17.6. The quantitative estimate of drug-likeness (QED) is 0.310. The van der Waals surface area contributed by atoms with E-state index in [1.165, 1.54) is 51.4 Å². The Labute approximate surface area is 164 Å². The van der Waals surface area contributed by atoms with Gasteiger partial charge < -0.3 is 10.3 Å². The third-order valence-electron chi connectivity index (χ3n) is 4.08. The summed E-state index contributed by atoms with van der Waals surface area (Å²) >= 11 is 1.93. The number of H-pyrrole nitrogens is 1. The highest BCUT2D eigenvalue weighted by atomic mass is 127. The van der Waals surface area contributed by atoms with Crippen molar-refractivity contribution < 1.29 is 4.79 Å². The van der Waals surface area contributed by atoms with Crippen LogP contribution in [0.15, 0.2) is 4.79 Å². The van der Waals surface area contributed by atoms with Crippen molar-refractivity contribution in [3.8, 4) is 0 Å². The number of aromatic amines is 1. The number of aromatic nitrogens is 2. The lowest BCUT2D eigenvalue weighted by Gasteiger charge is -2.08. The van der Waals surface area contributed by atoms with Gasteiger partial charge in [0.05, 0.1) is 3.57 Å². The first-order chi connectivity index (χ1) is 12.0. The summed E-state index contributed by atoms with van der Waals surface area (Å²) in [5.41, 5.74) is 0.368. The van der Waals surface area contributed by atoms with Crippen molar-refractivity contribution in [1.82, 2.24) is 15.3 Å². The lowest BCUT2D eigenvalue weighted by Crippen LogP contribution is -2.31. The van der Waals surface area contributed by atoms with Crippen LogP contribution < -0.4 is 16.2 Å². The number of hydrogen-bond donors (Lipinski definition) is 3. The molecule has 142 valence electrons. The Morgan fingerprint density at radius 2 is 1.60 bits per heavy atom. The normalized spacial score (nSPS) is 10.7. The van der Waals surface area contributed by atoms with Crippen LogP contribution in [0.4, 0.5) is 10.7 Å². The van der Waals surface area contributed by atoms with Gasteiger partial charge in [-0.1, -0.05) is 64.7 Å². The first kappa shape index (κ1) is 21.9. The lowest BCUT2D eigenvalue weighted by atomic mass is 10.1. The molecule has 0 radical (unpaired) electrons. The maximum absolute atomic E-state index is 11.8. The van der Waals surface area contributed by atoms with Crippen LogP contribution in [0.5, 0.6) is 0 Å². The Hall–Kier alpha value is -1.12. The minimum absolute atomic E-state index is 0.184. The molecule has 2 amide bonds. The van der Waals surface area contributed by atoms with Gasteiger partial charge in [-0.05, 0) is 35.9 Å². The molecule has 0 aliphatic heterocycles. The number of nitrogens with zero attached hydrogens (tertiary/aromatic N) is 1. The van der Waals surface area contributed by atoms with Crippen molar-refractivity contribution >= 4 is 34.6 Å². The largest absolute Gasteiger partial charge is 0.338 e. The van der Waals surface area contributed by atoms with Crippen molar-refractivity contribution in [2.45, 2.75) is 78.1 Å². The average Bonchev–Trinajstić information content (AvgIpc) is 2.57. The molecule has 7 heteroatoms. The van der Waals surface area contributed by atoms with Crippen molar-refractivity contribution in [3.63, 3.8) is 0 Å². The topological polar surface area (TPSA) is 86.9 Å². The average molecular weight is 462 g/mol. The van der Waals surface area contributed by atoms with E-state index in [9.17, 15) is 9.59 Å². The number of nitrogens with one attached hydrogen (secondary N) is 3. The van der Waals surface area contributed by atoms with Gasteiger partial charge in [0.15, 0.2) is 0 Å². The first-order valence-corrected chi connectivity index (χ1v) is 10.4. The summed E-state index contributed by atoms with van der Waals surface area (Å²) in [6.45, 7) is 4.65. The lowest BCUT2D eigenvalue weighted by molar-refractivity contribution is 0.251. The molecule has 0 aliphatic carbocycles. The van der Waals surface area contributed by atoms with Crippen LogP contribution in [0.2, 0.25) is 0 Å². The highest BCUT2D eigenvalue weighted by Crippen LogP contribution is 2.10. The van der Waals surface area contributed by atoms with Gasteiger partial charge in [0.25, 0.3) is 5.56 Å². The molecule has 0 saturated heterocycles. The molecule has 1 aromatic heterocycles. The molecule has 0 aliphatic rings. The molecule has 0 unspecified atom stereocenters. The van der Waals surface area contributed by atoms with E-state index in [0.29, 0.717) is 15.8 Å². The van der Waals surface area contributed by atoms with Crippen LogP contribution in [0.25, 0.3) is 0 Å². The minimum Gasteiger partial charge on any atom is -0.338 e. The Balaban J connectivity index is 2.05. The van der Waals surface area contributed by atoms with E-state index in [1.54, 1.807) is 6.92 Å². The van der Waals surface area contributed by atoms with E-state index in [-0.39, 0.29) is 17.5 Å². The molecule has 0 bridgehead atoms. The number of unbranched alkanes of at least 4 members (excludes halogenated alkanes) is 9. The third-order valence-corrected chi connectivity index (χ3v) is 5.35. The summed E-state index contributed by atoms with van der Waals surface area (Å²) in [6.07, 6.45) is 12.7. The number of anilines is 1. The van der Waals surface area contributed by atoms with E-state index >= 15 is 0 Å². The minimum atomic E-state index is -0.334. The number of halogens is 1. The van der Waals surface area contributed by atoms with Crippen LogP contribution in [0.3, 0.4) is 0 Å². The molecule has 0 spiro atoms. The second kappa shape index (κ2) is 13.1. The number of carbonyl (C=O) groups excluding carboxylic acids is 1. The second-order valence-corrected chi connectivity index (χ2v) is 7.47. The SMILES string of the molecule is CCCCCCCCCCCCNC(=O)Nc1nc(=O)c(I)c(C)[nH]1. The number of amides is 2. The zero-order valence-electron chi connectivity index (χ0n) is 15.4. The highest BCUT2D eigenvalue weighted by Gasteiger charge is 2.07. The summed E-state index contributed by atoms with van der Waals surface area (Å²) in [5.74, 6) is 0.184. The molecule has 1 rings (SSSR count). The molecular formula is C18H31IN4O2. The summed E-state index contributed by atoms with van der Waals surface area (Å²) in [4.78, 5) is 30.1. The smallest absolute Gasteiger partial charge is 0.321 e. The fraction of sp³-hybridized carbons (Fsp3) is 0.722. The van der Waals surface area contributed by atoms with Gasteiger partial charge >= 0.3 is 6.03 Å². The third kappa shape index (κ3) is 9.81. The molecule has 0 saturated carbocycles. The second-order valence-electron chi connectivity index (χ2n) is 6.39. The van der Waals surface area contributed by atoms with Crippen molar-refractivity contribution in [2.24, 2.45) is 0 Å². The van der Waals surface area contributed by atoms with Crippen LogP contribution in [0.1, 0.15) is 76.8 Å². The summed E-state index contributed by atoms with van der Waals surface area (Å²) in [6, 6.07) is -0.334. The number of rotatable bonds is 12. The number of aryl methyl sites for hydroxylation is 1. The van der Waals surface area contributed by atoms with Gasteiger partial charge in [0, 0.05) is 12.2 Å². The molecule has 0 fully saturated rings. The van der Waals surface area contributed by atoms with Crippen molar-refractivity contribution in [2.75, 3.05) is 11.9 Å². The molecular weight excluding hydrogens is 431 g/mol. The Morgan fingerprint density at radius 1 is 1.04 bits per heavy atom.